The van der Waals surface area contributed by atoms with Gasteiger partial charge in [-0.25, -0.2) is 9.97 Å². The van der Waals surface area contributed by atoms with Crippen LogP contribution in [0.3, 0.4) is 0 Å². The van der Waals surface area contributed by atoms with Crippen LogP contribution >= 0.6 is 35.0 Å². The molecule has 0 unspecified atom stereocenters. The Morgan fingerprint density at radius 3 is 2.40 bits per heavy atom. The Labute approximate surface area is 162 Å². The fraction of sp³-hybridized carbons (Fsp3) is 0.389. The average molecular weight is 398 g/mol. The maximum absolute atomic E-state index is 12.3. The number of aryl methyl sites for hydroxylation is 2. The summed E-state index contributed by atoms with van der Waals surface area (Å²) in [6, 6.07) is 5.24. The van der Waals surface area contributed by atoms with Gasteiger partial charge in [-0.05, 0) is 56.7 Å². The van der Waals surface area contributed by atoms with Gasteiger partial charge in [-0.2, -0.15) is 0 Å². The summed E-state index contributed by atoms with van der Waals surface area (Å²) in [5.74, 6) is -0.0219. The second-order valence-electron chi connectivity index (χ2n) is 5.82. The Kier molecular flexibility index (Phi) is 7.11. The molecule has 0 aliphatic rings. The van der Waals surface area contributed by atoms with Gasteiger partial charge in [0.1, 0.15) is 0 Å². The van der Waals surface area contributed by atoms with Crippen molar-refractivity contribution in [3.8, 4) is 0 Å². The summed E-state index contributed by atoms with van der Waals surface area (Å²) in [7, 11) is 0. The number of hydrogen-bond donors (Lipinski definition) is 1. The number of aromatic nitrogens is 2. The van der Waals surface area contributed by atoms with E-state index in [2.05, 4.69) is 15.3 Å². The van der Waals surface area contributed by atoms with Gasteiger partial charge in [-0.1, -0.05) is 41.0 Å². The highest BCUT2D eigenvalue weighted by molar-refractivity contribution is 7.98. The lowest BCUT2D eigenvalue weighted by molar-refractivity contribution is -0.121. The number of amides is 1. The van der Waals surface area contributed by atoms with E-state index in [0.717, 1.165) is 27.7 Å². The molecule has 0 saturated heterocycles. The number of nitrogens with zero attached hydrogens (tertiary/aromatic N) is 2. The van der Waals surface area contributed by atoms with Crippen LogP contribution in [0, 0.1) is 13.8 Å². The van der Waals surface area contributed by atoms with E-state index in [1.807, 2.05) is 33.1 Å². The summed E-state index contributed by atoms with van der Waals surface area (Å²) in [5, 5.41) is 4.74. The van der Waals surface area contributed by atoms with Crippen LogP contribution in [0.5, 0.6) is 0 Å². The highest BCUT2D eigenvalue weighted by atomic mass is 35.5. The predicted octanol–water partition coefficient (Wildman–Crippen LogP) is 4.93. The smallest absolute Gasteiger partial charge is 0.220 e. The quantitative estimate of drug-likeness (QED) is 0.554. The van der Waals surface area contributed by atoms with Crippen molar-refractivity contribution in [2.45, 2.75) is 44.8 Å². The molecule has 0 saturated carbocycles. The molecule has 1 amide bonds. The maximum atomic E-state index is 12.3. The van der Waals surface area contributed by atoms with Crippen LogP contribution in [0.1, 0.15) is 41.9 Å². The molecule has 2 aromatic rings. The molecule has 1 aromatic heterocycles. The van der Waals surface area contributed by atoms with Crippen molar-refractivity contribution in [2.24, 2.45) is 0 Å². The van der Waals surface area contributed by atoms with Gasteiger partial charge in [0.05, 0.1) is 16.1 Å². The number of nitrogens with one attached hydrogen (secondary N) is 1. The third kappa shape index (κ3) is 5.33. The fourth-order valence-corrected chi connectivity index (χ4v) is 3.34. The van der Waals surface area contributed by atoms with Gasteiger partial charge in [0, 0.05) is 17.8 Å². The lowest BCUT2D eigenvalue weighted by Crippen LogP contribution is -2.27. The summed E-state index contributed by atoms with van der Waals surface area (Å²) in [6.07, 6.45) is 2.95. The van der Waals surface area contributed by atoms with Crippen LogP contribution in [-0.4, -0.2) is 22.1 Å². The minimum Gasteiger partial charge on any atom is -0.350 e. The standard InChI is InChI=1S/C18H21Cl2N3OS/c1-10(13-5-7-15(19)16(20)9-13)21-17(24)8-6-14-11(2)22-18(25-4)23-12(14)3/h5,7,9-10H,6,8H2,1-4H3,(H,21,24)/t10-/m1/s1. The summed E-state index contributed by atoms with van der Waals surface area (Å²) >= 11 is 13.5. The second-order valence-corrected chi connectivity index (χ2v) is 7.41. The third-order valence-corrected chi connectivity index (χ3v) is 5.29. The Hall–Kier alpha value is -1.30. The lowest BCUT2D eigenvalue weighted by Gasteiger charge is -2.16. The average Bonchev–Trinajstić information content (AvgIpc) is 2.56. The van der Waals surface area contributed by atoms with Crippen LogP contribution in [0.4, 0.5) is 0 Å². The SMILES string of the molecule is CSc1nc(C)c(CCC(=O)N[C@H](C)c2ccc(Cl)c(Cl)c2)c(C)n1. The highest BCUT2D eigenvalue weighted by Gasteiger charge is 2.14. The molecule has 0 aliphatic heterocycles. The number of benzene rings is 1. The number of thioether (sulfide) groups is 1. The molecule has 0 fully saturated rings. The Morgan fingerprint density at radius 2 is 1.84 bits per heavy atom. The minimum atomic E-state index is -0.139. The van der Waals surface area contributed by atoms with Crippen molar-refractivity contribution >= 4 is 40.9 Å². The van der Waals surface area contributed by atoms with E-state index in [4.69, 9.17) is 23.2 Å². The molecule has 7 heteroatoms. The first-order chi connectivity index (χ1) is 11.8. The third-order valence-electron chi connectivity index (χ3n) is 4.01. The van der Waals surface area contributed by atoms with E-state index in [-0.39, 0.29) is 11.9 Å². The van der Waals surface area contributed by atoms with E-state index in [9.17, 15) is 4.79 Å². The summed E-state index contributed by atoms with van der Waals surface area (Å²) < 4.78 is 0. The van der Waals surface area contributed by atoms with Crippen molar-refractivity contribution < 1.29 is 4.79 Å². The second kappa shape index (κ2) is 8.88. The minimum absolute atomic E-state index is 0.0219. The summed E-state index contributed by atoms with van der Waals surface area (Å²) in [6.45, 7) is 5.84. The van der Waals surface area contributed by atoms with E-state index in [1.54, 1.807) is 12.1 Å². The maximum Gasteiger partial charge on any atom is 0.220 e. The number of hydrogen-bond acceptors (Lipinski definition) is 4. The molecular weight excluding hydrogens is 377 g/mol. The molecule has 0 aliphatic carbocycles. The molecule has 25 heavy (non-hydrogen) atoms. The Morgan fingerprint density at radius 1 is 1.20 bits per heavy atom. The van der Waals surface area contributed by atoms with Crippen LogP contribution in [-0.2, 0) is 11.2 Å². The molecule has 0 spiro atoms. The number of halogens is 2. The van der Waals surface area contributed by atoms with E-state index < -0.39 is 0 Å². The predicted molar refractivity (Wildman–Crippen MR) is 105 cm³/mol. The molecule has 0 bridgehead atoms. The van der Waals surface area contributed by atoms with Gasteiger partial charge in [-0.15, -0.1) is 0 Å². The van der Waals surface area contributed by atoms with Crippen molar-refractivity contribution in [2.75, 3.05) is 6.26 Å². The zero-order valence-corrected chi connectivity index (χ0v) is 17.0. The van der Waals surface area contributed by atoms with Crippen molar-refractivity contribution in [1.82, 2.24) is 15.3 Å². The lowest BCUT2D eigenvalue weighted by atomic mass is 10.1. The van der Waals surface area contributed by atoms with Crippen LogP contribution < -0.4 is 5.32 Å². The fourth-order valence-electron chi connectivity index (χ4n) is 2.58. The van der Waals surface area contributed by atoms with Crippen LogP contribution in [0.2, 0.25) is 10.0 Å². The number of rotatable bonds is 6. The van der Waals surface area contributed by atoms with Crippen molar-refractivity contribution in [1.29, 1.82) is 0 Å². The van der Waals surface area contributed by atoms with Crippen molar-refractivity contribution in [3.63, 3.8) is 0 Å². The zero-order valence-electron chi connectivity index (χ0n) is 14.7. The van der Waals surface area contributed by atoms with Gasteiger partial charge in [0.15, 0.2) is 5.16 Å². The summed E-state index contributed by atoms with van der Waals surface area (Å²) in [4.78, 5) is 21.2. The van der Waals surface area contributed by atoms with Gasteiger partial charge in [0.2, 0.25) is 5.91 Å². The van der Waals surface area contributed by atoms with Gasteiger partial charge >= 0.3 is 0 Å². The molecule has 134 valence electrons. The first kappa shape index (κ1) is 20.0. The molecule has 4 nitrogen and oxygen atoms in total. The first-order valence-electron chi connectivity index (χ1n) is 7.94. The highest BCUT2D eigenvalue weighted by Crippen LogP contribution is 2.25. The summed E-state index contributed by atoms with van der Waals surface area (Å²) in [5.41, 5.74) is 3.82. The monoisotopic (exact) mass is 397 g/mol. The number of carbonyl (C=O) groups is 1. The van der Waals surface area contributed by atoms with Crippen molar-refractivity contribution in [3.05, 3.63) is 50.8 Å². The first-order valence-corrected chi connectivity index (χ1v) is 9.92. The van der Waals surface area contributed by atoms with Crippen LogP contribution in [0.15, 0.2) is 23.4 Å². The molecule has 0 radical (unpaired) electrons. The topological polar surface area (TPSA) is 54.9 Å². The molecule has 1 heterocycles. The Bertz CT molecular complexity index is 760. The largest absolute Gasteiger partial charge is 0.350 e. The van der Waals surface area contributed by atoms with E-state index >= 15 is 0 Å². The molecular formula is C18H21Cl2N3OS. The zero-order chi connectivity index (χ0) is 18.6. The molecule has 1 N–H and O–H groups in total. The number of carbonyl (C=O) groups excluding carboxylic acids is 1. The van der Waals surface area contributed by atoms with E-state index in [0.29, 0.717) is 22.9 Å². The van der Waals surface area contributed by atoms with Crippen LogP contribution in [0.25, 0.3) is 0 Å². The Balaban J connectivity index is 1.97. The van der Waals surface area contributed by atoms with E-state index in [1.165, 1.54) is 11.8 Å². The van der Waals surface area contributed by atoms with Gasteiger partial charge in [-0.3, -0.25) is 4.79 Å². The van der Waals surface area contributed by atoms with Gasteiger partial charge < -0.3 is 5.32 Å². The normalized spacial score (nSPS) is 12.1. The van der Waals surface area contributed by atoms with Gasteiger partial charge in [0.25, 0.3) is 0 Å². The molecule has 1 atom stereocenters. The molecule has 2 rings (SSSR count). The molecule has 1 aromatic carbocycles.